The van der Waals surface area contributed by atoms with Crippen molar-refractivity contribution in [3.05, 3.63) is 41.5 Å². The monoisotopic (exact) mass is 331 g/mol. The van der Waals surface area contributed by atoms with Crippen molar-refractivity contribution >= 4 is 24.2 Å². The van der Waals surface area contributed by atoms with Crippen LogP contribution in [0, 0.1) is 11.7 Å². The maximum Gasteiger partial charge on any atom is 0.276 e. The summed E-state index contributed by atoms with van der Waals surface area (Å²) in [7, 11) is 0. The number of halogens is 2. The van der Waals surface area contributed by atoms with Gasteiger partial charge in [0.25, 0.3) is 5.22 Å². The fourth-order valence-corrected chi connectivity index (χ4v) is 2.52. The third-order valence-corrected chi connectivity index (χ3v) is 3.61. The standard InChI is InChI=1S/C14H18FN3OS.ClH/c1-9(2)6-12(16)13-17-18-14(19-13)20-8-10-4-3-5-11(15)7-10;/h3-5,7,9,12H,6,8,16H2,1-2H3;1H/t12-;/m0./s1. The molecule has 1 aromatic heterocycles. The maximum absolute atomic E-state index is 13.0. The van der Waals surface area contributed by atoms with Gasteiger partial charge in [-0.2, -0.15) is 0 Å². The Morgan fingerprint density at radius 2 is 2.10 bits per heavy atom. The molecule has 4 nitrogen and oxygen atoms in total. The second-order valence-electron chi connectivity index (χ2n) is 5.06. The van der Waals surface area contributed by atoms with Gasteiger partial charge in [0.05, 0.1) is 6.04 Å². The Kier molecular flexibility index (Phi) is 7.14. The molecule has 0 saturated carbocycles. The van der Waals surface area contributed by atoms with E-state index in [2.05, 4.69) is 24.0 Å². The molecule has 0 fully saturated rings. The smallest absolute Gasteiger partial charge is 0.276 e. The van der Waals surface area contributed by atoms with E-state index >= 15 is 0 Å². The van der Waals surface area contributed by atoms with E-state index in [4.69, 9.17) is 10.2 Å². The normalized spacial score (nSPS) is 12.2. The van der Waals surface area contributed by atoms with E-state index in [0.717, 1.165) is 12.0 Å². The van der Waals surface area contributed by atoms with E-state index in [1.165, 1.54) is 23.9 Å². The molecule has 0 aliphatic rings. The van der Waals surface area contributed by atoms with Crippen LogP contribution in [-0.2, 0) is 5.75 Å². The first-order valence-corrected chi connectivity index (χ1v) is 7.49. The highest BCUT2D eigenvalue weighted by molar-refractivity contribution is 7.98. The lowest BCUT2D eigenvalue weighted by Gasteiger charge is -2.08. The zero-order chi connectivity index (χ0) is 14.5. The van der Waals surface area contributed by atoms with Gasteiger partial charge < -0.3 is 10.2 Å². The average Bonchev–Trinajstić information content (AvgIpc) is 2.84. The van der Waals surface area contributed by atoms with Crippen molar-refractivity contribution in [3.63, 3.8) is 0 Å². The van der Waals surface area contributed by atoms with Crippen LogP contribution in [0.2, 0.25) is 0 Å². The molecule has 2 rings (SSSR count). The first-order chi connectivity index (χ1) is 9.54. The molecule has 2 N–H and O–H groups in total. The summed E-state index contributed by atoms with van der Waals surface area (Å²) < 4.78 is 18.6. The molecular formula is C14H19ClFN3OS. The summed E-state index contributed by atoms with van der Waals surface area (Å²) in [6, 6.07) is 6.23. The van der Waals surface area contributed by atoms with Crippen molar-refractivity contribution in [2.45, 2.75) is 37.3 Å². The third kappa shape index (κ3) is 5.65. The average molecular weight is 332 g/mol. The summed E-state index contributed by atoms with van der Waals surface area (Å²) >= 11 is 1.38. The Hall–Kier alpha value is -1.11. The summed E-state index contributed by atoms with van der Waals surface area (Å²) in [6.07, 6.45) is 0.802. The first kappa shape index (κ1) is 17.9. The number of hydrogen-bond donors (Lipinski definition) is 1. The Labute approximate surface area is 134 Å². The van der Waals surface area contributed by atoms with Crippen molar-refractivity contribution in [3.8, 4) is 0 Å². The van der Waals surface area contributed by atoms with E-state index < -0.39 is 0 Å². The molecule has 0 amide bonds. The lowest BCUT2D eigenvalue weighted by atomic mass is 10.1. The molecule has 0 saturated heterocycles. The number of hydrogen-bond acceptors (Lipinski definition) is 5. The topological polar surface area (TPSA) is 64.9 Å². The van der Waals surface area contributed by atoms with Gasteiger partial charge in [-0.25, -0.2) is 4.39 Å². The lowest BCUT2D eigenvalue weighted by molar-refractivity contribution is 0.361. The summed E-state index contributed by atoms with van der Waals surface area (Å²) in [5, 5.41) is 8.38. The van der Waals surface area contributed by atoms with Crippen molar-refractivity contribution in [2.24, 2.45) is 11.7 Å². The van der Waals surface area contributed by atoms with Crippen LogP contribution in [0.4, 0.5) is 4.39 Å². The molecular weight excluding hydrogens is 313 g/mol. The third-order valence-electron chi connectivity index (χ3n) is 2.72. The zero-order valence-electron chi connectivity index (χ0n) is 12.0. The predicted octanol–water partition coefficient (Wildman–Crippen LogP) is 3.97. The molecule has 21 heavy (non-hydrogen) atoms. The molecule has 116 valence electrons. The van der Waals surface area contributed by atoms with Crippen LogP contribution in [0.25, 0.3) is 0 Å². The summed E-state index contributed by atoms with van der Waals surface area (Å²) in [5.41, 5.74) is 6.86. The highest BCUT2D eigenvalue weighted by Gasteiger charge is 2.16. The molecule has 0 bridgehead atoms. The van der Waals surface area contributed by atoms with Gasteiger partial charge in [0.15, 0.2) is 0 Å². The Bertz CT molecular complexity index is 565. The summed E-state index contributed by atoms with van der Waals surface area (Å²) in [5.74, 6) is 1.27. The van der Waals surface area contributed by atoms with Gasteiger partial charge in [-0.15, -0.1) is 22.6 Å². The highest BCUT2D eigenvalue weighted by Crippen LogP contribution is 2.25. The first-order valence-electron chi connectivity index (χ1n) is 6.51. The largest absolute Gasteiger partial charge is 0.414 e. The predicted molar refractivity (Wildman–Crippen MR) is 83.9 cm³/mol. The van der Waals surface area contributed by atoms with Crippen molar-refractivity contribution in [1.82, 2.24) is 10.2 Å². The second kappa shape index (κ2) is 8.36. The molecule has 7 heteroatoms. The lowest BCUT2D eigenvalue weighted by Crippen LogP contribution is -2.13. The second-order valence-corrected chi connectivity index (χ2v) is 5.99. The van der Waals surface area contributed by atoms with Crippen LogP contribution in [0.5, 0.6) is 0 Å². The number of nitrogens with zero attached hydrogens (tertiary/aromatic N) is 2. The van der Waals surface area contributed by atoms with Gasteiger partial charge in [-0.3, -0.25) is 0 Å². The van der Waals surface area contributed by atoms with Gasteiger partial charge in [-0.1, -0.05) is 37.7 Å². The van der Waals surface area contributed by atoms with E-state index in [0.29, 0.717) is 22.8 Å². The maximum atomic E-state index is 13.0. The molecule has 1 aromatic carbocycles. The van der Waals surface area contributed by atoms with Crippen molar-refractivity contribution in [1.29, 1.82) is 0 Å². The van der Waals surface area contributed by atoms with Gasteiger partial charge in [0, 0.05) is 5.75 Å². The SMILES string of the molecule is CC(C)C[C@H](N)c1nnc(SCc2cccc(F)c2)o1.Cl. The van der Waals surface area contributed by atoms with E-state index in [1.807, 2.05) is 6.07 Å². The van der Waals surface area contributed by atoms with E-state index in [9.17, 15) is 4.39 Å². The van der Waals surface area contributed by atoms with Gasteiger partial charge in [0.2, 0.25) is 5.89 Å². The Morgan fingerprint density at radius 3 is 2.76 bits per heavy atom. The fourth-order valence-electron chi connectivity index (χ4n) is 1.81. The van der Waals surface area contributed by atoms with E-state index in [1.54, 1.807) is 6.07 Å². The summed E-state index contributed by atoms with van der Waals surface area (Å²) in [4.78, 5) is 0. The molecule has 0 spiro atoms. The van der Waals surface area contributed by atoms with Gasteiger partial charge in [-0.05, 0) is 30.0 Å². The van der Waals surface area contributed by atoms with Crippen LogP contribution in [0.3, 0.4) is 0 Å². The quantitative estimate of drug-likeness (QED) is 0.811. The number of rotatable bonds is 6. The van der Waals surface area contributed by atoms with Crippen LogP contribution < -0.4 is 5.73 Å². The summed E-state index contributed by atoms with van der Waals surface area (Å²) in [6.45, 7) is 4.19. The molecule has 2 aromatic rings. The van der Waals surface area contributed by atoms with Crippen LogP contribution in [-0.4, -0.2) is 10.2 Å². The molecule has 0 aliphatic carbocycles. The van der Waals surface area contributed by atoms with Crippen molar-refractivity contribution in [2.75, 3.05) is 0 Å². The van der Waals surface area contributed by atoms with E-state index in [-0.39, 0.29) is 24.3 Å². The number of nitrogens with two attached hydrogens (primary N) is 1. The molecule has 0 unspecified atom stereocenters. The minimum atomic E-state index is -0.242. The fraction of sp³-hybridized carbons (Fsp3) is 0.429. The minimum Gasteiger partial charge on any atom is -0.414 e. The molecule has 1 heterocycles. The Balaban J connectivity index is 0.00000220. The molecule has 0 radical (unpaired) electrons. The number of benzene rings is 1. The number of thioether (sulfide) groups is 1. The highest BCUT2D eigenvalue weighted by atomic mass is 35.5. The minimum absolute atomic E-state index is 0. The van der Waals surface area contributed by atoms with Gasteiger partial charge >= 0.3 is 0 Å². The Morgan fingerprint density at radius 1 is 1.33 bits per heavy atom. The van der Waals surface area contributed by atoms with Crippen LogP contribution in [0.1, 0.15) is 37.8 Å². The molecule has 0 aliphatic heterocycles. The molecule has 1 atom stereocenters. The van der Waals surface area contributed by atoms with Crippen LogP contribution >= 0.6 is 24.2 Å². The van der Waals surface area contributed by atoms with Crippen molar-refractivity contribution < 1.29 is 8.81 Å². The zero-order valence-corrected chi connectivity index (χ0v) is 13.6. The van der Waals surface area contributed by atoms with Crippen LogP contribution in [0.15, 0.2) is 33.9 Å². The number of aromatic nitrogens is 2. The van der Waals surface area contributed by atoms with Gasteiger partial charge in [0.1, 0.15) is 5.82 Å².